The number of aldehydes is 1. The molecule has 3 aromatic rings. The lowest BCUT2D eigenvalue weighted by Crippen LogP contribution is -2.17. The van der Waals surface area contributed by atoms with Crippen LogP contribution < -0.4 is 11.1 Å². The number of hydrogen-bond acceptors (Lipinski definition) is 5. The largest absolute Gasteiger partial charge is 0.383 e. The Morgan fingerprint density at radius 1 is 1.21 bits per heavy atom. The van der Waals surface area contributed by atoms with Gasteiger partial charge in [-0.25, -0.2) is 9.07 Å². The highest BCUT2D eigenvalue weighted by atomic mass is 19.1. The van der Waals surface area contributed by atoms with E-state index in [1.165, 1.54) is 23.0 Å². The number of carbonyl (C=O) groups is 2. The predicted octanol–water partition coefficient (Wildman–Crippen LogP) is 2.55. The number of aryl methyl sites for hydroxylation is 1. The molecule has 0 spiro atoms. The molecule has 3 rings (SSSR count). The fraction of sp³-hybridized carbons (Fsp3) is 0.190. The fourth-order valence-electron chi connectivity index (χ4n) is 2.92. The number of ketones is 1. The maximum atomic E-state index is 13.1. The van der Waals surface area contributed by atoms with Gasteiger partial charge in [-0.2, -0.15) is 5.10 Å². The van der Waals surface area contributed by atoms with Crippen LogP contribution in [0.2, 0.25) is 0 Å². The molecule has 0 radical (unpaired) electrons. The summed E-state index contributed by atoms with van der Waals surface area (Å²) in [6, 6.07) is 13.1. The third-order valence-electron chi connectivity index (χ3n) is 4.36. The number of halogens is 1. The van der Waals surface area contributed by atoms with Gasteiger partial charge >= 0.3 is 0 Å². The smallest absolute Gasteiger partial charge is 0.198 e. The van der Waals surface area contributed by atoms with Crippen LogP contribution in [0.1, 0.15) is 27.9 Å². The molecule has 0 aliphatic heterocycles. The molecule has 0 amide bonds. The number of rotatable bonds is 9. The van der Waals surface area contributed by atoms with Crippen LogP contribution in [0, 0.1) is 5.82 Å². The van der Waals surface area contributed by atoms with Gasteiger partial charge in [0.15, 0.2) is 5.78 Å². The Hall–Kier alpha value is -3.32. The molecule has 1 heterocycles. The van der Waals surface area contributed by atoms with Crippen molar-refractivity contribution in [2.75, 3.05) is 18.8 Å². The lowest BCUT2D eigenvalue weighted by Gasteiger charge is -2.07. The molecule has 0 unspecified atom stereocenters. The number of nitrogens with one attached hydrogen (secondary N) is 1. The van der Waals surface area contributed by atoms with Crippen LogP contribution in [-0.4, -0.2) is 34.9 Å². The van der Waals surface area contributed by atoms with Gasteiger partial charge in [-0.1, -0.05) is 18.2 Å². The first-order valence-corrected chi connectivity index (χ1v) is 8.97. The molecule has 2 aromatic carbocycles. The van der Waals surface area contributed by atoms with Crippen LogP contribution in [0.5, 0.6) is 0 Å². The van der Waals surface area contributed by atoms with E-state index in [0.717, 1.165) is 31.2 Å². The van der Waals surface area contributed by atoms with Crippen molar-refractivity contribution in [3.63, 3.8) is 0 Å². The van der Waals surface area contributed by atoms with E-state index in [4.69, 9.17) is 5.73 Å². The number of aromatic nitrogens is 2. The van der Waals surface area contributed by atoms with Gasteiger partial charge in [-0.15, -0.1) is 0 Å². The average molecular weight is 380 g/mol. The molecule has 0 atom stereocenters. The quantitative estimate of drug-likeness (QED) is 0.338. The van der Waals surface area contributed by atoms with Crippen LogP contribution in [0.4, 0.5) is 10.2 Å². The molecule has 144 valence electrons. The van der Waals surface area contributed by atoms with Gasteiger partial charge in [0.25, 0.3) is 0 Å². The third kappa shape index (κ3) is 4.50. The summed E-state index contributed by atoms with van der Waals surface area (Å²) in [6.45, 7) is 1.07. The van der Waals surface area contributed by atoms with Crippen LogP contribution in [0.15, 0.2) is 54.7 Å². The Labute approximate surface area is 162 Å². The molecule has 7 heteroatoms. The first-order chi connectivity index (χ1) is 13.6. The second-order valence-corrected chi connectivity index (χ2v) is 6.34. The summed E-state index contributed by atoms with van der Waals surface area (Å²) in [6.07, 6.45) is 3.90. The van der Waals surface area contributed by atoms with E-state index >= 15 is 0 Å². The van der Waals surface area contributed by atoms with E-state index < -0.39 is 0 Å². The van der Waals surface area contributed by atoms with E-state index in [0.29, 0.717) is 23.4 Å². The standard InChI is InChI=1S/C21H21FN4O2/c22-17-6-8-18(9-7-17)26-21(23)19(14-25-26)20(28)16-5-1-3-15(13-16)4-2-10-24-11-12-27/h1,3,5-9,12-14,24H,2,4,10-11,23H2. The number of benzene rings is 2. The number of nitrogen functional groups attached to an aromatic ring is 1. The Morgan fingerprint density at radius 3 is 2.75 bits per heavy atom. The first kappa shape index (κ1) is 19.4. The molecule has 3 N–H and O–H groups in total. The lowest BCUT2D eigenvalue weighted by molar-refractivity contribution is -0.107. The number of carbonyl (C=O) groups excluding carboxylic acids is 2. The molecule has 1 aromatic heterocycles. The van der Waals surface area contributed by atoms with Crippen molar-refractivity contribution in [2.24, 2.45) is 0 Å². The van der Waals surface area contributed by atoms with Gasteiger partial charge in [0.05, 0.1) is 24.0 Å². The highest BCUT2D eigenvalue weighted by Gasteiger charge is 2.18. The topological polar surface area (TPSA) is 90.0 Å². The monoisotopic (exact) mass is 380 g/mol. The molecule has 0 saturated heterocycles. The minimum Gasteiger partial charge on any atom is -0.383 e. The summed E-state index contributed by atoms with van der Waals surface area (Å²) in [5.41, 5.74) is 8.57. The van der Waals surface area contributed by atoms with E-state index in [-0.39, 0.29) is 17.4 Å². The molecule has 0 aliphatic carbocycles. The molecule has 0 saturated carbocycles. The molecular weight excluding hydrogens is 359 g/mol. The van der Waals surface area contributed by atoms with E-state index in [2.05, 4.69) is 10.4 Å². The van der Waals surface area contributed by atoms with E-state index in [9.17, 15) is 14.0 Å². The lowest BCUT2D eigenvalue weighted by atomic mass is 10.0. The maximum absolute atomic E-state index is 13.1. The number of nitrogens with two attached hydrogens (primary N) is 1. The summed E-state index contributed by atoms with van der Waals surface area (Å²) in [5, 5.41) is 7.19. The summed E-state index contributed by atoms with van der Waals surface area (Å²) in [7, 11) is 0. The van der Waals surface area contributed by atoms with E-state index in [1.807, 2.05) is 18.2 Å². The molecule has 6 nitrogen and oxygen atoms in total. The molecule has 0 fully saturated rings. The Bertz CT molecular complexity index is 967. The molecule has 28 heavy (non-hydrogen) atoms. The number of anilines is 1. The summed E-state index contributed by atoms with van der Waals surface area (Å²) < 4.78 is 14.5. The van der Waals surface area contributed by atoms with Crippen LogP contribution in [0.25, 0.3) is 5.69 Å². The van der Waals surface area contributed by atoms with Crippen molar-refractivity contribution in [1.29, 1.82) is 0 Å². The zero-order chi connectivity index (χ0) is 19.9. The second-order valence-electron chi connectivity index (χ2n) is 6.34. The van der Waals surface area contributed by atoms with E-state index in [1.54, 1.807) is 18.2 Å². The van der Waals surface area contributed by atoms with Crippen molar-refractivity contribution in [2.45, 2.75) is 12.8 Å². The van der Waals surface area contributed by atoms with Gasteiger partial charge < -0.3 is 15.8 Å². The number of nitrogens with zero attached hydrogens (tertiary/aromatic N) is 2. The second kappa shape index (κ2) is 9.05. The summed E-state index contributed by atoms with van der Waals surface area (Å²) in [5.74, 6) is -0.365. The molecular formula is C21H21FN4O2. The SMILES string of the molecule is Nc1c(C(=O)c2cccc(CCCNCC=O)c2)cnn1-c1ccc(F)cc1. The molecule has 0 bridgehead atoms. The zero-order valence-corrected chi connectivity index (χ0v) is 15.3. The third-order valence-corrected chi connectivity index (χ3v) is 4.36. The van der Waals surface area contributed by atoms with Gasteiger partial charge in [0.2, 0.25) is 0 Å². The van der Waals surface area contributed by atoms with Gasteiger partial charge in [0, 0.05) is 5.56 Å². The van der Waals surface area contributed by atoms with Crippen molar-refractivity contribution in [3.8, 4) is 5.69 Å². The first-order valence-electron chi connectivity index (χ1n) is 8.97. The highest BCUT2D eigenvalue weighted by molar-refractivity contribution is 6.11. The summed E-state index contributed by atoms with van der Waals surface area (Å²) >= 11 is 0. The zero-order valence-electron chi connectivity index (χ0n) is 15.3. The summed E-state index contributed by atoms with van der Waals surface area (Å²) in [4.78, 5) is 23.2. The van der Waals surface area contributed by atoms with Crippen LogP contribution in [0.3, 0.4) is 0 Å². The van der Waals surface area contributed by atoms with Gasteiger partial charge in [0.1, 0.15) is 17.9 Å². The van der Waals surface area contributed by atoms with Gasteiger partial charge in [-0.05, 0) is 55.3 Å². The van der Waals surface area contributed by atoms with Crippen molar-refractivity contribution < 1.29 is 14.0 Å². The van der Waals surface area contributed by atoms with Crippen LogP contribution in [-0.2, 0) is 11.2 Å². The Kier molecular flexibility index (Phi) is 6.29. The highest BCUT2D eigenvalue weighted by Crippen LogP contribution is 2.21. The van der Waals surface area contributed by atoms with Crippen LogP contribution >= 0.6 is 0 Å². The fourth-order valence-corrected chi connectivity index (χ4v) is 2.92. The Balaban J connectivity index is 1.74. The Morgan fingerprint density at radius 2 is 2.00 bits per heavy atom. The molecule has 0 aliphatic rings. The van der Waals surface area contributed by atoms with Crippen molar-refractivity contribution in [1.82, 2.24) is 15.1 Å². The minimum absolute atomic E-state index is 0.208. The van der Waals surface area contributed by atoms with Gasteiger partial charge in [-0.3, -0.25) is 4.79 Å². The normalized spacial score (nSPS) is 10.8. The predicted molar refractivity (Wildman–Crippen MR) is 105 cm³/mol. The van der Waals surface area contributed by atoms with Crippen molar-refractivity contribution in [3.05, 3.63) is 77.2 Å². The van der Waals surface area contributed by atoms with Crippen molar-refractivity contribution >= 4 is 17.9 Å². The average Bonchev–Trinajstić information content (AvgIpc) is 3.09. The number of hydrogen-bond donors (Lipinski definition) is 2. The minimum atomic E-state index is -0.357. The maximum Gasteiger partial charge on any atom is 0.198 e.